The molecule has 1 saturated heterocycles. The summed E-state index contributed by atoms with van der Waals surface area (Å²) < 4.78 is 12.9. The summed E-state index contributed by atoms with van der Waals surface area (Å²) in [7, 11) is 0. The van der Waals surface area contributed by atoms with E-state index in [2.05, 4.69) is 0 Å². The van der Waals surface area contributed by atoms with Crippen LogP contribution < -0.4 is 10.6 Å². The number of hydrogen-bond acceptors (Lipinski definition) is 3. The van der Waals surface area contributed by atoms with E-state index < -0.39 is 0 Å². The molecule has 1 heterocycles. The van der Waals surface area contributed by atoms with Gasteiger partial charge >= 0.3 is 0 Å². The topological polar surface area (TPSA) is 66.6 Å². The quantitative estimate of drug-likeness (QED) is 0.501. The number of phenols is 1. The molecule has 102 valence electrons. The van der Waals surface area contributed by atoms with Crippen molar-refractivity contribution in [2.75, 3.05) is 10.6 Å². The summed E-state index contributed by atoms with van der Waals surface area (Å²) in [6, 6.07) is 10.6. The Morgan fingerprint density at radius 2 is 1.90 bits per heavy atom. The lowest BCUT2D eigenvalue weighted by atomic mass is 9.92. The van der Waals surface area contributed by atoms with E-state index in [9.17, 15) is 14.3 Å². The van der Waals surface area contributed by atoms with Crippen LogP contribution >= 0.6 is 0 Å². The Kier molecular flexibility index (Phi) is 2.82. The molecular formula is C15H13FN2O2. The van der Waals surface area contributed by atoms with Crippen molar-refractivity contribution in [1.29, 1.82) is 0 Å². The van der Waals surface area contributed by atoms with Crippen LogP contribution in [0.2, 0.25) is 0 Å². The van der Waals surface area contributed by atoms with Gasteiger partial charge in [0.1, 0.15) is 11.6 Å². The maximum Gasteiger partial charge on any atom is 0.230 e. The van der Waals surface area contributed by atoms with Crippen molar-refractivity contribution in [2.24, 2.45) is 0 Å². The minimum Gasteiger partial charge on any atom is -0.506 e. The number of hydrogen-bond donors (Lipinski definition) is 2. The van der Waals surface area contributed by atoms with Gasteiger partial charge in [0.05, 0.1) is 18.2 Å². The molecule has 1 amide bonds. The second-order valence-electron chi connectivity index (χ2n) is 4.78. The van der Waals surface area contributed by atoms with E-state index in [-0.39, 0.29) is 29.2 Å². The Morgan fingerprint density at radius 3 is 2.50 bits per heavy atom. The van der Waals surface area contributed by atoms with Crippen LogP contribution in [0.3, 0.4) is 0 Å². The Bertz CT molecular complexity index is 670. The largest absolute Gasteiger partial charge is 0.506 e. The first-order valence-electron chi connectivity index (χ1n) is 6.22. The van der Waals surface area contributed by atoms with Crippen molar-refractivity contribution >= 4 is 17.3 Å². The second kappa shape index (κ2) is 4.52. The van der Waals surface area contributed by atoms with Gasteiger partial charge in [-0.05, 0) is 42.0 Å². The predicted molar refractivity (Wildman–Crippen MR) is 73.8 cm³/mol. The smallest absolute Gasteiger partial charge is 0.230 e. The maximum atomic E-state index is 12.9. The Morgan fingerprint density at radius 1 is 1.20 bits per heavy atom. The van der Waals surface area contributed by atoms with Crippen LogP contribution in [0.1, 0.15) is 18.0 Å². The summed E-state index contributed by atoms with van der Waals surface area (Å²) in [5, 5.41) is 9.43. The predicted octanol–water partition coefficient (Wildman–Crippen LogP) is 2.59. The zero-order valence-corrected chi connectivity index (χ0v) is 10.6. The first-order chi connectivity index (χ1) is 9.56. The number of halogens is 1. The highest BCUT2D eigenvalue weighted by Crippen LogP contribution is 2.40. The first kappa shape index (κ1) is 12.5. The normalized spacial score (nSPS) is 17.9. The van der Waals surface area contributed by atoms with E-state index in [0.29, 0.717) is 12.1 Å². The number of β-lactam (4-membered cyclic amide) rings is 1. The van der Waals surface area contributed by atoms with Gasteiger partial charge in [-0.3, -0.25) is 4.79 Å². The van der Waals surface area contributed by atoms with Crippen LogP contribution in [0.15, 0.2) is 42.5 Å². The molecule has 0 saturated carbocycles. The number of anilines is 2. The molecule has 1 aliphatic rings. The number of carbonyl (C=O) groups excluding carboxylic acids is 1. The zero-order chi connectivity index (χ0) is 14.3. The van der Waals surface area contributed by atoms with Crippen LogP contribution in [-0.2, 0) is 4.79 Å². The van der Waals surface area contributed by atoms with Gasteiger partial charge in [0, 0.05) is 5.69 Å². The van der Waals surface area contributed by atoms with Crippen LogP contribution in [0, 0.1) is 5.82 Å². The number of rotatable bonds is 2. The number of carbonyl (C=O) groups is 1. The first-order valence-corrected chi connectivity index (χ1v) is 6.22. The molecule has 1 fully saturated rings. The van der Waals surface area contributed by atoms with Gasteiger partial charge in [0.15, 0.2) is 0 Å². The van der Waals surface area contributed by atoms with Crippen LogP contribution in [-0.4, -0.2) is 11.0 Å². The highest BCUT2D eigenvalue weighted by Gasteiger charge is 2.38. The van der Waals surface area contributed by atoms with Crippen molar-refractivity contribution in [1.82, 2.24) is 0 Å². The molecule has 0 spiro atoms. The SMILES string of the molecule is Nc1cc(C2CC(=O)N2c2ccc(F)cc2)ccc1O. The third-order valence-corrected chi connectivity index (χ3v) is 3.49. The minimum atomic E-state index is -0.341. The fourth-order valence-electron chi connectivity index (χ4n) is 2.39. The van der Waals surface area contributed by atoms with Gasteiger partial charge in [-0.15, -0.1) is 0 Å². The molecule has 1 aliphatic heterocycles. The standard InChI is InChI=1S/C15H13FN2O2/c16-10-2-4-11(5-3-10)18-13(8-15(18)20)9-1-6-14(19)12(17)7-9/h1-7,13,19H,8,17H2. The van der Waals surface area contributed by atoms with E-state index >= 15 is 0 Å². The third kappa shape index (κ3) is 1.97. The van der Waals surface area contributed by atoms with E-state index in [0.717, 1.165) is 5.56 Å². The van der Waals surface area contributed by atoms with E-state index in [4.69, 9.17) is 5.73 Å². The van der Waals surface area contributed by atoms with Crippen LogP contribution in [0.4, 0.5) is 15.8 Å². The summed E-state index contributed by atoms with van der Waals surface area (Å²) in [6.07, 6.45) is 0.377. The molecule has 0 radical (unpaired) electrons. The van der Waals surface area contributed by atoms with Crippen molar-refractivity contribution < 1.29 is 14.3 Å². The van der Waals surface area contributed by atoms with Gasteiger partial charge in [-0.25, -0.2) is 4.39 Å². The number of amides is 1. The van der Waals surface area contributed by atoms with Gasteiger partial charge in [-0.2, -0.15) is 0 Å². The number of phenolic OH excluding ortho intramolecular Hbond substituents is 1. The summed E-state index contributed by atoms with van der Waals surface area (Å²) >= 11 is 0. The summed E-state index contributed by atoms with van der Waals surface area (Å²) in [5.74, 6) is -0.340. The van der Waals surface area contributed by atoms with Gasteiger partial charge < -0.3 is 15.7 Å². The molecule has 1 atom stereocenters. The van der Waals surface area contributed by atoms with E-state index in [1.54, 1.807) is 29.2 Å². The van der Waals surface area contributed by atoms with Crippen molar-refractivity contribution in [3.8, 4) is 5.75 Å². The van der Waals surface area contributed by atoms with E-state index in [1.165, 1.54) is 18.2 Å². The van der Waals surface area contributed by atoms with Crippen molar-refractivity contribution in [2.45, 2.75) is 12.5 Å². The third-order valence-electron chi connectivity index (χ3n) is 3.49. The average Bonchev–Trinajstić information content (AvgIpc) is 2.42. The fourth-order valence-corrected chi connectivity index (χ4v) is 2.39. The molecule has 20 heavy (non-hydrogen) atoms. The molecule has 4 nitrogen and oxygen atoms in total. The lowest BCUT2D eigenvalue weighted by Crippen LogP contribution is -2.46. The van der Waals surface area contributed by atoms with Crippen LogP contribution in [0.25, 0.3) is 0 Å². The highest BCUT2D eigenvalue weighted by molar-refractivity contribution is 6.01. The molecule has 0 aromatic heterocycles. The van der Waals surface area contributed by atoms with Crippen molar-refractivity contribution in [3.05, 3.63) is 53.8 Å². The fraction of sp³-hybridized carbons (Fsp3) is 0.133. The molecule has 3 N–H and O–H groups in total. The minimum absolute atomic E-state index is 0.0201. The number of nitrogen functional groups attached to an aromatic ring is 1. The lowest BCUT2D eigenvalue weighted by Gasteiger charge is -2.40. The molecule has 2 aromatic carbocycles. The molecule has 0 bridgehead atoms. The van der Waals surface area contributed by atoms with Gasteiger partial charge in [-0.1, -0.05) is 6.07 Å². The van der Waals surface area contributed by atoms with Crippen LogP contribution in [0.5, 0.6) is 5.75 Å². The van der Waals surface area contributed by atoms with Gasteiger partial charge in [0.25, 0.3) is 0 Å². The molecule has 0 aliphatic carbocycles. The number of aromatic hydroxyl groups is 1. The summed E-state index contributed by atoms with van der Waals surface area (Å²) in [4.78, 5) is 13.4. The number of benzene rings is 2. The summed E-state index contributed by atoms with van der Waals surface area (Å²) in [5.41, 5.74) is 7.45. The lowest BCUT2D eigenvalue weighted by molar-refractivity contribution is -0.124. The number of nitrogens with zero attached hydrogens (tertiary/aromatic N) is 1. The van der Waals surface area contributed by atoms with E-state index in [1.807, 2.05) is 0 Å². The molecular weight excluding hydrogens is 259 g/mol. The molecule has 5 heteroatoms. The average molecular weight is 272 g/mol. The Labute approximate surface area is 115 Å². The summed E-state index contributed by atoms with van der Waals surface area (Å²) in [6.45, 7) is 0. The number of nitrogens with two attached hydrogens (primary N) is 1. The van der Waals surface area contributed by atoms with Crippen molar-refractivity contribution in [3.63, 3.8) is 0 Å². The Hall–Kier alpha value is -2.56. The maximum absolute atomic E-state index is 12.9. The highest BCUT2D eigenvalue weighted by atomic mass is 19.1. The monoisotopic (exact) mass is 272 g/mol. The second-order valence-corrected chi connectivity index (χ2v) is 4.78. The molecule has 3 rings (SSSR count). The Balaban J connectivity index is 1.92. The molecule has 2 aromatic rings. The van der Waals surface area contributed by atoms with Gasteiger partial charge in [0.2, 0.25) is 5.91 Å². The molecule has 1 unspecified atom stereocenters. The zero-order valence-electron chi connectivity index (χ0n) is 10.6.